The van der Waals surface area contributed by atoms with Crippen molar-refractivity contribution in [2.45, 2.75) is 33.2 Å². The minimum Gasteiger partial charge on any atom is -0.481 e. The van der Waals surface area contributed by atoms with Crippen molar-refractivity contribution in [3.63, 3.8) is 0 Å². The molecule has 116 valence electrons. The van der Waals surface area contributed by atoms with Crippen LogP contribution in [0, 0.1) is 5.92 Å². The molecular weight excluding hydrogens is 270 g/mol. The predicted molar refractivity (Wildman–Crippen MR) is 79.8 cm³/mol. The largest absolute Gasteiger partial charge is 0.481 e. The Kier molecular flexibility index (Phi) is 7.21. The van der Waals surface area contributed by atoms with Gasteiger partial charge in [-0.25, -0.2) is 4.79 Å². The molecule has 1 aromatic heterocycles. The number of hydrogen-bond donors (Lipinski definition) is 2. The van der Waals surface area contributed by atoms with Crippen molar-refractivity contribution in [1.82, 2.24) is 15.2 Å². The molecule has 0 radical (unpaired) electrons. The summed E-state index contributed by atoms with van der Waals surface area (Å²) in [6.07, 6.45) is 4.63. The van der Waals surface area contributed by atoms with Gasteiger partial charge >= 0.3 is 12.0 Å². The van der Waals surface area contributed by atoms with Crippen molar-refractivity contribution in [1.29, 1.82) is 0 Å². The number of aliphatic carboxylic acids is 1. The first kappa shape index (κ1) is 16.9. The van der Waals surface area contributed by atoms with Crippen LogP contribution in [0.25, 0.3) is 0 Å². The van der Waals surface area contributed by atoms with Crippen molar-refractivity contribution in [3.8, 4) is 0 Å². The zero-order chi connectivity index (χ0) is 15.7. The molecule has 1 unspecified atom stereocenters. The second-order valence-corrected chi connectivity index (χ2v) is 4.98. The third-order valence-electron chi connectivity index (χ3n) is 3.30. The van der Waals surface area contributed by atoms with E-state index in [1.807, 2.05) is 19.1 Å². The Hall–Kier alpha value is -2.11. The maximum Gasteiger partial charge on any atom is 0.317 e. The van der Waals surface area contributed by atoms with Gasteiger partial charge in [-0.15, -0.1) is 0 Å². The van der Waals surface area contributed by atoms with E-state index < -0.39 is 5.97 Å². The lowest BCUT2D eigenvalue weighted by Crippen LogP contribution is -2.39. The van der Waals surface area contributed by atoms with E-state index in [0.717, 1.165) is 5.56 Å². The van der Waals surface area contributed by atoms with Gasteiger partial charge in [0.25, 0.3) is 0 Å². The summed E-state index contributed by atoms with van der Waals surface area (Å²) in [5.74, 6) is -1.17. The molecule has 0 saturated heterocycles. The van der Waals surface area contributed by atoms with Gasteiger partial charge < -0.3 is 15.3 Å². The summed E-state index contributed by atoms with van der Waals surface area (Å²) in [5.41, 5.74) is 1.03. The fraction of sp³-hybridized carbons (Fsp3) is 0.533. The van der Waals surface area contributed by atoms with Crippen LogP contribution in [0.1, 0.15) is 32.3 Å². The Bertz CT molecular complexity index is 451. The van der Waals surface area contributed by atoms with Crippen molar-refractivity contribution in [2.75, 3.05) is 13.1 Å². The molecule has 0 spiro atoms. The smallest absolute Gasteiger partial charge is 0.317 e. The molecule has 0 aliphatic carbocycles. The van der Waals surface area contributed by atoms with Crippen LogP contribution in [-0.2, 0) is 11.3 Å². The number of nitrogens with zero attached hydrogens (tertiary/aromatic N) is 2. The molecule has 1 atom stereocenters. The van der Waals surface area contributed by atoms with E-state index in [1.165, 1.54) is 0 Å². The predicted octanol–water partition coefficient (Wildman–Crippen LogP) is 2.11. The Morgan fingerprint density at radius 3 is 2.62 bits per heavy atom. The quantitative estimate of drug-likeness (QED) is 0.719. The van der Waals surface area contributed by atoms with Crippen molar-refractivity contribution >= 4 is 12.0 Å². The van der Waals surface area contributed by atoms with E-state index >= 15 is 0 Å². The van der Waals surface area contributed by atoms with Crippen LogP contribution in [0.2, 0.25) is 0 Å². The number of urea groups is 1. The third-order valence-corrected chi connectivity index (χ3v) is 3.30. The molecule has 1 heterocycles. The first-order valence-corrected chi connectivity index (χ1v) is 7.19. The van der Waals surface area contributed by atoms with E-state index in [4.69, 9.17) is 5.11 Å². The van der Waals surface area contributed by atoms with Gasteiger partial charge in [-0.05, 0) is 37.5 Å². The SMILES string of the molecule is CCN(Cc1ccncc1)C(=O)NCCCC(C)C(=O)O. The summed E-state index contributed by atoms with van der Waals surface area (Å²) in [5, 5.41) is 11.6. The molecule has 0 aromatic carbocycles. The van der Waals surface area contributed by atoms with E-state index in [9.17, 15) is 9.59 Å². The first-order valence-electron chi connectivity index (χ1n) is 7.19. The van der Waals surface area contributed by atoms with E-state index in [2.05, 4.69) is 10.3 Å². The van der Waals surface area contributed by atoms with Gasteiger partial charge in [-0.1, -0.05) is 6.92 Å². The normalized spacial score (nSPS) is 11.7. The highest BCUT2D eigenvalue weighted by Crippen LogP contribution is 2.05. The Labute approximate surface area is 125 Å². The minimum atomic E-state index is -0.797. The molecule has 0 aliphatic heterocycles. The highest BCUT2D eigenvalue weighted by molar-refractivity contribution is 5.74. The standard InChI is InChI=1S/C15H23N3O3/c1-3-18(11-13-6-9-16-10-7-13)15(21)17-8-4-5-12(2)14(19)20/h6-7,9-10,12H,3-5,8,11H2,1-2H3,(H,17,21)(H,19,20). The number of pyridine rings is 1. The van der Waals surface area contributed by atoms with Crippen LogP contribution in [-0.4, -0.2) is 40.1 Å². The van der Waals surface area contributed by atoms with Gasteiger partial charge in [0.2, 0.25) is 0 Å². The lowest BCUT2D eigenvalue weighted by atomic mass is 10.1. The monoisotopic (exact) mass is 293 g/mol. The highest BCUT2D eigenvalue weighted by atomic mass is 16.4. The topological polar surface area (TPSA) is 82.5 Å². The van der Waals surface area contributed by atoms with Crippen molar-refractivity contribution in [3.05, 3.63) is 30.1 Å². The summed E-state index contributed by atoms with van der Waals surface area (Å²) >= 11 is 0. The number of carbonyl (C=O) groups is 2. The number of aromatic nitrogens is 1. The molecule has 6 heteroatoms. The minimum absolute atomic E-state index is 0.128. The molecule has 2 amide bonds. The fourth-order valence-electron chi connectivity index (χ4n) is 1.87. The van der Waals surface area contributed by atoms with Crippen LogP contribution >= 0.6 is 0 Å². The number of carbonyl (C=O) groups excluding carboxylic acids is 1. The highest BCUT2D eigenvalue weighted by Gasteiger charge is 2.13. The lowest BCUT2D eigenvalue weighted by Gasteiger charge is -2.21. The van der Waals surface area contributed by atoms with Gasteiger partial charge in [0.15, 0.2) is 0 Å². The summed E-state index contributed by atoms with van der Waals surface area (Å²) in [7, 11) is 0. The molecule has 0 saturated carbocycles. The zero-order valence-corrected chi connectivity index (χ0v) is 12.6. The van der Waals surface area contributed by atoms with Crippen LogP contribution in [0.3, 0.4) is 0 Å². The average Bonchev–Trinajstić information content (AvgIpc) is 2.49. The second-order valence-electron chi connectivity index (χ2n) is 4.98. The Balaban J connectivity index is 2.33. The van der Waals surface area contributed by atoms with Crippen molar-refractivity contribution < 1.29 is 14.7 Å². The molecule has 1 rings (SSSR count). The van der Waals surface area contributed by atoms with Gasteiger partial charge in [0.1, 0.15) is 0 Å². The molecule has 0 fully saturated rings. The van der Waals surface area contributed by atoms with Crippen LogP contribution < -0.4 is 5.32 Å². The van der Waals surface area contributed by atoms with E-state index in [-0.39, 0.29) is 11.9 Å². The fourth-order valence-corrected chi connectivity index (χ4v) is 1.87. The third kappa shape index (κ3) is 6.25. The zero-order valence-electron chi connectivity index (χ0n) is 12.6. The summed E-state index contributed by atoms with van der Waals surface area (Å²) in [4.78, 5) is 28.4. The molecule has 21 heavy (non-hydrogen) atoms. The average molecular weight is 293 g/mol. The summed E-state index contributed by atoms with van der Waals surface area (Å²) in [6, 6.07) is 3.63. The number of hydrogen-bond acceptors (Lipinski definition) is 3. The number of rotatable bonds is 8. The van der Waals surface area contributed by atoms with Crippen LogP contribution in [0.5, 0.6) is 0 Å². The lowest BCUT2D eigenvalue weighted by molar-refractivity contribution is -0.141. The van der Waals surface area contributed by atoms with Gasteiger partial charge in [0, 0.05) is 32.0 Å². The van der Waals surface area contributed by atoms with Gasteiger partial charge in [0.05, 0.1) is 5.92 Å². The molecule has 0 aliphatic rings. The number of amides is 2. The van der Waals surface area contributed by atoms with Crippen LogP contribution in [0.4, 0.5) is 4.79 Å². The number of nitrogens with one attached hydrogen (secondary N) is 1. The van der Waals surface area contributed by atoms with E-state index in [1.54, 1.807) is 24.2 Å². The summed E-state index contributed by atoms with van der Waals surface area (Å²) in [6.45, 7) is 5.23. The molecule has 0 bridgehead atoms. The van der Waals surface area contributed by atoms with Gasteiger partial charge in [-0.3, -0.25) is 9.78 Å². The molecule has 1 aromatic rings. The second kappa shape index (κ2) is 8.94. The van der Waals surface area contributed by atoms with Crippen LogP contribution in [0.15, 0.2) is 24.5 Å². The number of carboxylic acids is 1. The summed E-state index contributed by atoms with van der Waals surface area (Å²) < 4.78 is 0. The van der Waals surface area contributed by atoms with Crippen molar-refractivity contribution in [2.24, 2.45) is 5.92 Å². The van der Waals surface area contributed by atoms with Gasteiger partial charge in [-0.2, -0.15) is 0 Å². The maximum atomic E-state index is 12.0. The molecule has 6 nitrogen and oxygen atoms in total. The Morgan fingerprint density at radius 1 is 1.38 bits per heavy atom. The maximum absolute atomic E-state index is 12.0. The molecular formula is C15H23N3O3. The molecule has 2 N–H and O–H groups in total. The number of carboxylic acid groups (broad SMARTS) is 1. The Morgan fingerprint density at radius 2 is 2.05 bits per heavy atom. The van der Waals surface area contributed by atoms with E-state index in [0.29, 0.717) is 32.5 Å². The first-order chi connectivity index (χ1) is 10.0.